The van der Waals surface area contributed by atoms with Crippen molar-refractivity contribution >= 4 is 129 Å². The van der Waals surface area contributed by atoms with Gasteiger partial charge in [-0.05, 0) is 149 Å². The molecule has 0 aliphatic heterocycles. The molecule has 14 aromatic rings. The van der Waals surface area contributed by atoms with Crippen molar-refractivity contribution in [2.45, 2.75) is 80.2 Å². The lowest BCUT2D eigenvalue weighted by Crippen LogP contribution is -2.18. The number of rotatable bonds is 27. The number of Topliss-reactive ketones (excluding diaryl/α,β-unsaturated/α-hetero) is 1. The summed E-state index contributed by atoms with van der Waals surface area (Å²) in [5.74, 6) is 2.00. The average Bonchev–Trinajstić information content (AvgIpc) is 1.77. The molecule has 6 aromatic heterocycles. The minimum atomic E-state index is -0.439. The van der Waals surface area contributed by atoms with Crippen LogP contribution in [-0.2, 0) is 52.8 Å². The molecule has 0 fully saturated rings. The molecular formula is C86H91BrCl2N10O12. The summed E-state index contributed by atoms with van der Waals surface area (Å²) >= 11 is 15.5. The first-order chi connectivity index (χ1) is 54.1. The number of nitrogens with zero attached hydrogens (tertiary/aromatic N) is 7. The molecule has 22 nitrogen and oxygen atoms in total. The van der Waals surface area contributed by atoms with E-state index in [1.54, 1.807) is 63.8 Å². The molecule has 0 spiro atoms. The second kappa shape index (κ2) is 43.3. The monoisotopic (exact) mass is 1600 g/mol. The average molecular weight is 1610 g/mol. The van der Waals surface area contributed by atoms with Crippen LogP contribution in [0.15, 0.2) is 210 Å². The molecule has 3 N–H and O–H groups in total. The van der Waals surface area contributed by atoms with Crippen LogP contribution >= 0.6 is 39.1 Å². The number of aromatic amines is 3. The molecule has 8 aromatic carbocycles. The first-order valence-electron chi connectivity index (χ1n) is 36.4. The van der Waals surface area contributed by atoms with Crippen LogP contribution in [0.25, 0.3) is 94.3 Å². The largest absolute Gasteiger partial charge is 0.384 e. The number of allylic oxidation sites excluding steroid dienone is 1. The number of methoxy groups -OCH3 is 3. The molecule has 111 heavy (non-hydrogen) atoms. The number of halogens is 3. The van der Waals surface area contributed by atoms with E-state index in [2.05, 4.69) is 77.7 Å². The Morgan fingerprint density at radius 1 is 0.477 bits per heavy atom. The van der Waals surface area contributed by atoms with Gasteiger partial charge in [0.2, 0.25) is 12.6 Å². The minimum absolute atomic E-state index is 0.0790. The normalized spacial score (nSPS) is 11.2. The molecule has 0 radical (unpaired) electrons. The molecule has 0 saturated heterocycles. The maximum Gasteiger partial charge on any atom is 0.260 e. The highest BCUT2D eigenvalue weighted by Crippen LogP contribution is 2.34. The number of H-pyrrole nitrogens is 3. The Bertz CT molecular complexity index is 5480. The molecule has 0 saturated carbocycles. The first kappa shape index (κ1) is 84.6. The van der Waals surface area contributed by atoms with E-state index in [1.807, 2.05) is 184 Å². The minimum Gasteiger partial charge on any atom is -0.384 e. The van der Waals surface area contributed by atoms with E-state index in [4.69, 9.17) is 51.6 Å². The van der Waals surface area contributed by atoms with Crippen molar-refractivity contribution in [2.75, 3.05) is 72.9 Å². The molecule has 0 atom stereocenters. The van der Waals surface area contributed by atoms with Crippen LogP contribution in [-0.4, -0.2) is 139 Å². The third-order valence-corrected chi connectivity index (χ3v) is 17.9. The number of hydrogen-bond acceptors (Lipinski definition) is 16. The number of fused-ring (bicyclic) bond motifs is 6. The van der Waals surface area contributed by atoms with Gasteiger partial charge >= 0.3 is 0 Å². The van der Waals surface area contributed by atoms with Crippen molar-refractivity contribution in [3.05, 3.63) is 265 Å². The predicted molar refractivity (Wildman–Crippen MR) is 446 cm³/mol. The van der Waals surface area contributed by atoms with Gasteiger partial charge in [0.25, 0.3) is 11.1 Å². The Hall–Kier alpha value is -10.4. The number of aryl methyl sites for hydroxylation is 1. The number of nitrogens with one attached hydrogen (secondary N) is 3. The Morgan fingerprint density at radius 3 is 1.38 bits per heavy atom. The fraction of sp³-hybridized carbons (Fsp3) is 0.267. The number of ketones is 2. The highest BCUT2D eigenvalue weighted by Gasteiger charge is 2.24. The Labute approximate surface area is 661 Å². The zero-order valence-corrected chi connectivity index (χ0v) is 66.6. The number of aromatic nitrogens is 10. The van der Waals surface area contributed by atoms with Crippen LogP contribution in [0.1, 0.15) is 109 Å². The van der Waals surface area contributed by atoms with Gasteiger partial charge in [0, 0.05) is 116 Å². The van der Waals surface area contributed by atoms with Crippen molar-refractivity contribution < 1.29 is 47.5 Å². The quantitative estimate of drug-likeness (QED) is 0.0142. The number of carbonyl (C=O) groups is 3. The molecule has 0 bridgehead atoms. The van der Waals surface area contributed by atoms with E-state index in [-0.39, 0.29) is 22.5 Å². The van der Waals surface area contributed by atoms with Crippen LogP contribution < -0.4 is 11.1 Å². The zero-order chi connectivity index (χ0) is 79.2. The van der Waals surface area contributed by atoms with Crippen molar-refractivity contribution in [1.82, 2.24) is 48.6 Å². The number of hydrogen-bond donors (Lipinski definition) is 3. The van der Waals surface area contributed by atoms with Gasteiger partial charge in [0.15, 0.2) is 35.3 Å². The number of pyridine rings is 2. The van der Waals surface area contributed by atoms with Gasteiger partial charge in [-0.2, -0.15) is 0 Å². The first-order valence-corrected chi connectivity index (χ1v) is 38.3. The number of benzene rings is 8. The number of ether oxygens (including phenoxy) is 7. The van der Waals surface area contributed by atoms with Gasteiger partial charge in [-0.25, -0.2) is 19.9 Å². The lowest BCUT2D eigenvalue weighted by molar-refractivity contribution is -0.146. The number of para-hydroxylation sites is 8. The van der Waals surface area contributed by atoms with E-state index >= 15 is 0 Å². The van der Waals surface area contributed by atoms with Crippen LogP contribution in [0.5, 0.6) is 0 Å². The van der Waals surface area contributed by atoms with Gasteiger partial charge in [0.05, 0.1) is 75.1 Å². The van der Waals surface area contributed by atoms with Crippen molar-refractivity contribution in [3.8, 4) is 22.3 Å². The van der Waals surface area contributed by atoms with Gasteiger partial charge in [-0.1, -0.05) is 155 Å². The molecular weight excluding hydrogens is 1520 g/mol. The molecule has 6 heterocycles. The molecule has 14 rings (SSSR count). The van der Waals surface area contributed by atoms with E-state index < -0.39 is 23.9 Å². The Balaban J connectivity index is 0.000000162. The summed E-state index contributed by atoms with van der Waals surface area (Å²) in [6.45, 7) is 17.8. The number of carbonyl (C=O) groups excluding carboxylic acids is 3. The summed E-state index contributed by atoms with van der Waals surface area (Å²) in [4.78, 5) is 88.4. The van der Waals surface area contributed by atoms with Crippen LogP contribution in [0.3, 0.4) is 0 Å². The highest BCUT2D eigenvalue weighted by atomic mass is 79.9. The highest BCUT2D eigenvalue weighted by molar-refractivity contribution is 9.09. The standard InChI is InChI=1S/C28H22ClN3O2.C17H12ClNO2.C15H22N2O3.C12H16N2O2.C11H12N2O2.C3H7BrO/c1-2-16-32-23-11-7-6-10-22(23)30-25(32)15-14-24(33)27-26(18-8-4-3-5-9-18)20-17-19(29)12-13-21(20)31-28(27)34;1-10(20)15-16(11-5-3-2-4-6-11)13-9-12(18)7-8-14(13)19-17(15)21;1-4-19-15(20-5-2)14-16-12-8-6-7-9-13(12)17(14)10-11-18-3;1-3-15-12(16-4-2)11-13-9-7-5-6-8-10(9)14-11;1-15-7-6-13-10-5-3-2-4-9(10)12-11(13)8-14;1-5-3-2-4/h3-15,17H,2,16H2,1H3,(H,31,34);2-9H,1H3,(H,19,21);6-9,15H,4-5,10-11H2,1-3H3;5-8,12H,3-4H2,1-2H3,(H,13,14);2-5,8H,6-7H2,1H3;2-3H2,1H3/b15-14+;;;;;. The second-order valence-corrected chi connectivity index (χ2v) is 26.2. The van der Waals surface area contributed by atoms with E-state index in [0.29, 0.717) is 95.4 Å². The van der Waals surface area contributed by atoms with Gasteiger partial charge in [0.1, 0.15) is 5.82 Å². The SMILES string of the molecule is CC(=O)c1c(-c2ccccc2)c2cc(Cl)ccc2[nH]c1=O.CCCn1c(/C=C/C(=O)c2c(-c3ccccc3)c3cc(Cl)ccc3[nH]c2=O)nc2ccccc21.CCOC(OCC)c1nc2ccccc2[nH]1.CCOC(OCC)c1nc2ccccc2n1CCOC.COCCBr.COCCn1c(C=O)nc2ccccc21. The summed E-state index contributed by atoms with van der Waals surface area (Å²) in [6.07, 6.45) is 3.99. The zero-order valence-electron chi connectivity index (χ0n) is 63.5. The summed E-state index contributed by atoms with van der Waals surface area (Å²) < 4.78 is 43.2. The number of imidazole rings is 4. The summed E-state index contributed by atoms with van der Waals surface area (Å²) in [5.41, 5.74) is 11.1. The molecule has 0 amide bonds. The number of alkyl halides is 1. The molecule has 0 aliphatic rings. The van der Waals surface area contributed by atoms with E-state index in [9.17, 15) is 24.0 Å². The van der Waals surface area contributed by atoms with E-state index in [1.165, 1.54) is 13.0 Å². The molecule has 0 aliphatic carbocycles. The van der Waals surface area contributed by atoms with E-state index in [0.717, 1.165) is 110 Å². The van der Waals surface area contributed by atoms with Gasteiger partial charge in [-0.3, -0.25) is 24.0 Å². The fourth-order valence-electron chi connectivity index (χ4n) is 12.3. The van der Waals surface area contributed by atoms with Crippen LogP contribution in [0.2, 0.25) is 10.0 Å². The maximum absolute atomic E-state index is 13.5. The predicted octanol–water partition coefficient (Wildman–Crippen LogP) is 18.5. The third-order valence-electron chi connectivity index (χ3n) is 17.1. The van der Waals surface area contributed by atoms with Crippen molar-refractivity contribution in [1.29, 1.82) is 0 Å². The topological polar surface area (TPSA) is 264 Å². The van der Waals surface area contributed by atoms with Crippen molar-refractivity contribution in [2.24, 2.45) is 0 Å². The summed E-state index contributed by atoms with van der Waals surface area (Å²) in [5, 5.41) is 3.50. The Morgan fingerprint density at radius 2 is 0.910 bits per heavy atom. The second-order valence-electron chi connectivity index (χ2n) is 24.5. The smallest absolute Gasteiger partial charge is 0.260 e. The number of aldehydes is 1. The molecule has 0 unspecified atom stereocenters. The fourth-order valence-corrected chi connectivity index (χ4v) is 13.0. The van der Waals surface area contributed by atoms with Crippen LogP contribution in [0, 0.1) is 0 Å². The van der Waals surface area contributed by atoms with Gasteiger partial charge in [-0.15, -0.1) is 0 Å². The summed E-state index contributed by atoms with van der Waals surface area (Å²) in [6, 6.07) is 60.8. The van der Waals surface area contributed by atoms with Crippen LogP contribution in [0.4, 0.5) is 0 Å². The van der Waals surface area contributed by atoms with Crippen molar-refractivity contribution in [3.63, 3.8) is 0 Å². The Kier molecular flexibility index (Phi) is 33.0. The third kappa shape index (κ3) is 22.0. The molecule has 25 heteroatoms. The lowest BCUT2D eigenvalue weighted by Gasteiger charge is -2.18. The maximum atomic E-state index is 13.5. The van der Waals surface area contributed by atoms with Gasteiger partial charge < -0.3 is 61.8 Å². The summed E-state index contributed by atoms with van der Waals surface area (Å²) in [7, 11) is 5.02. The molecule has 578 valence electrons. The lowest BCUT2D eigenvalue weighted by atomic mass is 9.94.